The molecule has 106 valence electrons. The maximum Gasteiger partial charge on any atom is 0.289 e. The molecule has 0 spiro atoms. The van der Waals surface area contributed by atoms with Crippen molar-refractivity contribution in [2.45, 2.75) is 24.3 Å². The molecular formula is C10H14BrN3O4S. The monoisotopic (exact) mass is 351 g/mol. The third kappa shape index (κ3) is 3.96. The van der Waals surface area contributed by atoms with E-state index < -0.39 is 31.1 Å². The lowest BCUT2D eigenvalue weighted by Crippen LogP contribution is -2.48. The van der Waals surface area contributed by atoms with Crippen LogP contribution in [-0.4, -0.2) is 25.4 Å². The van der Waals surface area contributed by atoms with Crippen LogP contribution in [0.3, 0.4) is 0 Å². The van der Waals surface area contributed by atoms with Crippen LogP contribution in [0.4, 0.5) is 5.69 Å². The highest BCUT2D eigenvalue weighted by Crippen LogP contribution is 2.27. The quantitative estimate of drug-likeness (QED) is 0.613. The van der Waals surface area contributed by atoms with Crippen molar-refractivity contribution in [3.63, 3.8) is 0 Å². The molecule has 0 radical (unpaired) electrons. The molecule has 0 saturated heterocycles. The van der Waals surface area contributed by atoms with Gasteiger partial charge in [-0.25, -0.2) is 13.1 Å². The zero-order valence-electron chi connectivity index (χ0n) is 10.4. The average molecular weight is 352 g/mol. The van der Waals surface area contributed by atoms with Gasteiger partial charge in [-0.2, -0.15) is 0 Å². The largest absolute Gasteiger partial charge is 0.329 e. The van der Waals surface area contributed by atoms with Gasteiger partial charge in [0, 0.05) is 22.6 Å². The Morgan fingerprint density at radius 2 is 2.05 bits per heavy atom. The fraction of sp³-hybridized carbons (Fsp3) is 0.400. The fourth-order valence-electron chi connectivity index (χ4n) is 1.31. The third-order valence-corrected chi connectivity index (χ3v) is 4.55. The summed E-state index contributed by atoms with van der Waals surface area (Å²) in [5.41, 5.74) is 4.07. The minimum atomic E-state index is -4.03. The first-order chi connectivity index (χ1) is 8.59. The molecule has 9 heteroatoms. The molecule has 0 bridgehead atoms. The van der Waals surface area contributed by atoms with Gasteiger partial charge >= 0.3 is 0 Å². The molecule has 19 heavy (non-hydrogen) atoms. The summed E-state index contributed by atoms with van der Waals surface area (Å²) in [4.78, 5) is 9.75. The van der Waals surface area contributed by atoms with Gasteiger partial charge in [-0.15, -0.1) is 0 Å². The normalized spacial score (nSPS) is 12.4. The number of sulfonamides is 1. The van der Waals surface area contributed by atoms with E-state index in [1.807, 2.05) is 0 Å². The van der Waals surface area contributed by atoms with Crippen LogP contribution in [0, 0.1) is 10.1 Å². The lowest BCUT2D eigenvalue weighted by molar-refractivity contribution is -0.387. The van der Waals surface area contributed by atoms with Crippen LogP contribution in [0.15, 0.2) is 27.6 Å². The van der Waals surface area contributed by atoms with Crippen LogP contribution in [0.2, 0.25) is 0 Å². The van der Waals surface area contributed by atoms with Crippen LogP contribution in [0.25, 0.3) is 0 Å². The molecule has 0 atom stereocenters. The zero-order valence-corrected chi connectivity index (χ0v) is 12.8. The molecule has 0 unspecified atom stereocenters. The van der Waals surface area contributed by atoms with Gasteiger partial charge in [0.05, 0.1) is 4.92 Å². The Kier molecular flexibility index (Phi) is 4.67. The molecule has 0 fully saturated rings. The van der Waals surface area contributed by atoms with E-state index in [1.54, 1.807) is 13.8 Å². The van der Waals surface area contributed by atoms with E-state index >= 15 is 0 Å². The molecule has 1 aromatic carbocycles. The van der Waals surface area contributed by atoms with E-state index in [0.29, 0.717) is 4.47 Å². The van der Waals surface area contributed by atoms with Gasteiger partial charge in [-0.3, -0.25) is 10.1 Å². The molecule has 0 aliphatic heterocycles. The fourth-order valence-corrected chi connectivity index (χ4v) is 3.45. The van der Waals surface area contributed by atoms with Gasteiger partial charge in [0.2, 0.25) is 10.0 Å². The minimum Gasteiger partial charge on any atom is -0.329 e. The number of nitrogens with zero attached hydrogens (tertiary/aromatic N) is 1. The SMILES string of the molecule is CC(C)(CN)NS(=O)(=O)c1cc(Br)ccc1[N+](=O)[O-]. The first kappa shape index (κ1) is 16.0. The molecule has 0 aromatic heterocycles. The molecule has 0 aliphatic carbocycles. The number of nitrogens with two attached hydrogens (primary N) is 1. The summed E-state index contributed by atoms with van der Waals surface area (Å²) in [7, 11) is -4.03. The number of benzene rings is 1. The van der Waals surface area contributed by atoms with Crippen molar-refractivity contribution in [1.82, 2.24) is 4.72 Å². The van der Waals surface area contributed by atoms with E-state index in [1.165, 1.54) is 12.1 Å². The summed E-state index contributed by atoms with van der Waals surface area (Å²) in [5, 5.41) is 10.9. The number of rotatable bonds is 5. The standard InChI is InChI=1S/C10H14BrN3O4S/c1-10(2,6-12)13-19(17,18)9-5-7(11)3-4-8(9)14(15)16/h3-5,13H,6,12H2,1-2H3. The lowest BCUT2D eigenvalue weighted by Gasteiger charge is -2.23. The average Bonchev–Trinajstić information content (AvgIpc) is 2.27. The maximum absolute atomic E-state index is 12.2. The molecule has 0 aliphatic rings. The molecule has 1 aromatic rings. The van der Waals surface area contributed by atoms with Gasteiger partial charge < -0.3 is 5.73 Å². The Morgan fingerprint density at radius 3 is 2.53 bits per heavy atom. The molecule has 3 N–H and O–H groups in total. The second-order valence-corrected chi connectivity index (χ2v) is 7.13. The summed E-state index contributed by atoms with van der Waals surface area (Å²) >= 11 is 3.10. The Balaban J connectivity index is 3.36. The second-order valence-electron chi connectivity index (χ2n) is 4.56. The highest BCUT2D eigenvalue weighted by molar-refractivity contribution is 9.10. The summed E-state index contributed by atoms with van der Waals surface area (Å²) < 4.78 is 27.2. The molecule has 0 heterocycles. The summed E-state index contributed by atoms with van der Waals surface area (Å²) in [6.45, 7) is 3.25. The number of hydrogen-bond acceptors (Lipinski definition) is 5. The Hall–Kier alpha value is -1.03. The topological polar surface area (TPSA) is 115 Å². The Bertz CT molecular complexity index is 601. The smallest absolute Gasteiger partial charge is 0.289 e. The number of nitro benzene ring substituents is 1. The maximum atomic E-state index is 12.2. The van der Waals surface area contributed by atoms with Crippen molar-refractivity contribution < 1.29 is 13.3 Å². The number of nitro groups is 1. The van der Waals surface area contributed by atoms with Crippen molar-refractivity contribution >= 4 is 31.6 Å². The van der Waals surface area contributed by atoms with E-state index in [0.717, 1.165) is 6.07 Å². The summed E-state index contributed by atoms with van der Waals surface area (Å²) in [5.74, 6) is 0. The predicted octanol–water partition coefficient (Wildman–Crippen LogP) is 1.37. The Labute approximate surface area is 119 Å². The van der Waals surface area contributed by atoms with Crippen LogP contribution in [0.1, 0.15) is 13.8 Å². The highest BCUT2D eigenvalue weighted by Gasteiger charge is 2.30. The summed E-state index contributed by atoms with van der Waals surface area (Å²) in [6, 6.07) is 3.73. The minimum absolute atomic E-state index is 0.0635. The van der Waals surface area contributed by atoms with Crippen LogP contribution < -0.4 is 10.5 Å². The lowest BCUT2D eigenvalue weighted by atomic mass is 10.1. The van der Waals surface area contributed by atoms with Crippen molar-refractivity contribution in [2.24, 2.45) is 5.73 Å². The van der Waals surface area contributed by atoms with Crippen LogP contribution in [0.5, 0.6) is 0 Å². The first-order valence-corrected chi connectivity index (χ1v) is 7.55. The van der Waals surface area contributed by atoms with Crippen molar-refractivity contribution in [1.29, 1.82) is 0 Å². The van der Waals surface area contributed by atoms with Crippen molar-refractivity contribution in [3.05, 3.63) is 32.8 Å². The van der Waals surface area contributed by atoms with E-state index in [-0.39, 0.29) is 6.54 Å². The number of hydrogen-bond donors (Lipinski definition) is 2. The zero-order chi connectivity index (χ0) is 14.8. The van der Waals surface area contributed by atoms with Gasteiger partial charge in [0.15, 0.2) is 4.90 Å². The molecule has 1 rings (SSSR count). The highest BCUT2D eigenvalue weighted by atomic mass is 79.9. The van der Waals surface area contributed by atoms with Crippen molar-refractivity contribution in [3.8, 4) is 0 Å². The molecule has 0 amide bonds. The van der Waals surface area contributed by atoms with Gasteiger partial charge in [0.25, 0.3) is 5.69 Å². The third-order valence-electron chi connectivity index (χ3n) is 2.33. The van der Waals surface area contributed by atoms with E-state index in [9.17, 15) is 18.5 Å². The van der Waals surface area contributed by atoms with Crippen LogP contribution >= 0.6 is 15.9 Å². The molecule has 7 nitrogen and oxygen atoms in total. The second kappa shape index (κ2) is 5.53. The van der Waals surface area contributed by atoms with Gasteiger partial charge in [-0.05, 0) is 26.0 Å². The molecule has 0 saturated carbocycles. The predicted molar refractivity (Wildman–Crippen MR) is 74.3 cm³/mol. The van der Waals surface area contributed by atoms with Gasteiger partial charge in [0.1, 0.15) is 0 Å². The number of nitrogens with one attached hydrogen (secondary N) is 1. The molecular weight excluding hydrogens is 338 g/mol. The van der Waals surface area contributed by atoms with Gasteiger partial charge in [-0.1, -0.05) is 15.9 Å². The van der Waals surface area contributed by atoms with E-state index in [4.69, 9.17) is 5.73 Å². The van der Waals surface area contributed by atoms with E-state index in [2.05, 4.69) is 20.7 Å². The summed E-state index contributed by atoms with van der Waals surface area (Å²) in [6.07, 6.45) is 0. The number of halogens is 1. The van der Waals surface area contributed by atoms with Crippen molar-refractivity contribution in [2.75, 3.05) is 6.54 Å². The van der Waals surface area contributed by atoms with Crippen LogP contribution in [-0.2, 0) is 10.0 Å². The Morgan fingerprint density at radius 1 is 1.47 bits per heavy atom. The first-order valence-electron chi connectivity index (χ1n) is 5.27.